The Kier molecular flexibility index (Phi) is 5.49. The Bertz CT molecular complexity index is 865. The average molecular weight is 371 g/mol. The highest BCUT2D eigenvalue weighted by Gasteiger charge is 2.36. The SMILES string of the molecule is COc1cccc(N2C[C@H](C(=O)OCC(=O)c3ccc(F)cc3)CC2=O)c1. The first-order valence-corrected chi connectivity index (χ1v) is 8.37. The number of ether oxygens (including phenoxy) is 2. The first kappa shape index (κ1) is 18.6. The number of ketones is 1. The number of amides is 1. The first-order chi connectivity index (χ1) is 13.0. The minimum Gasteiger partial charge on any atom is -0.497 e. The molecular formula is C20H18FNO5. The molecule has 140 valence electrons. The van der Waals surface area contributed by atoms with E-state index >= 15 is 0 Å². The predicted molar refractivity (Wildman–Crippen MR) is 95.1 cm³/mol. The Labute approximate surface area is 155 Å². The number of methoxy groups -OCH3 is 1. The van der Waals surface area contributed by atoms with E-state index in [-0.39, 0.29) is 24.4 Å². The Morgan fingerprint density at radius 2 is 1.93 bits per heavy atom. The number of rotatable bonds is 6. The van der Waals surface area contributed by atoms with E-state index in [1.807, 2.05) is 0 Å². The number of hydrogen-bond donors (Lipinski definition) is 0. The molecule has 2 aromatic carbocycles. The number of benzene rings is 2. The third-order valence-corrected chi connectivity index (χ3v) is 4.34. The second-order valence-corrected chi connectivity index (χ2v) is 6.14. The monoisotopic (exact) mass is 371 g/mol. The maximum Gasteiger partial charge on any atom is 0.311 e. The van der Waals surface area contributed by atoms with Gasteiger partial charge in [-0.25, -0.2) is 4.39 Å². The number of esters is 1. The maximum atomic E-state index is 12.9. The van der Waals surface area contributed by atoms with Crippen molar-refractivity contribution in [1.29, 1.82) is 0 Å². The van der Waals surface area contributed by atoms with Crippen LogP contribution in [-0.4, -0.2) is 37.9 Å². The summed E-state index contributed by atoms with van der Waals surface area (Å²) >= 11 is 0. The normalized spacial score (nSPS) is 16.3. The molecule has 0 radical (unpaired) electrons. The molecule has 0 saturated carbocycles. The molecule has 6 nitrogen and oxygen atoms in total. The lowest BCUT2D eigenvalue weighted by atomic mass is 10.1. The second kappa shape index (κ2) is 7.99. The van der Waals surface area contributed by atoms with Gasteiger partial charge in [0.15, 0.2) is 12.4 Å². The summed E-state index contributed by atoms with van der Waals surface area (Å²) in [4.78, 5) is 38.0. The topological polar surface area (TPSA) is 72.9 Å². The summed E-state index contributed by atoms with van der Waals surface area (Å²) in [7, 11) is 1.53. The smallest absolute Gasteiger partial charge is 0.311 e. The van der Waals surface area contributed by atoms with Gasteiger partial charge in [-0.2, -0.15) is 0 Å². The van der Waals surface area contributed by atoms with Gasteiger partial charge in [-0.15, -0.1) is 0 Å². The number of Topliss-reactive ketones (excluding diaryl/α,β-unsaturated/α-hetero) is 1. The standard InChI is InChI=1S/C20H18FNO5/c1-26-17-4-2-3-16(10-17)22-11-14(9-19(22)24)20(25)27-12-18(23)13-5-7-15(21)8-6-13/h2-8,10,14H,9,11-12H2,1H3/t14-/m1/s1. The van der Waals surface area contributed by atoms with Gasteiger partial charge in [0, 0.05) is 30.3 Å². The highest BCUT2D eigenvalue weighted by molar-refractivity contribution is 6.01. The first-order valence-electron chi connectivity index (χ1n) is 8.37. The number of carbonyl (C=O) groups excluding carboxylic acids is 3. The largest absolute Gasteiger partial charge is 0.497 e. The fourth-order valence-electron chi connectivity index (χ4n) is 2.87. The summed E-state index contributed by atoms with van der Waals surface area (Å²) in [6, 6.07) is 12.0. The number of anilines is 1. The Morgan fingerprint density at radius 3 is 2.63 bits per heavy atom. The van der Waals surface area contributed by atoms with Crippen molar-refractivity contribution in [3.63, 3.8) is 0 Å². The fourth-order valence-corrected chi connectivity index (χ4v) is 2.87. The molecule has 0 spiro atoms. The molecule has 1 aliphatic rings. The van der Waals surface area contributed by atoms with Crippen molar-refractivity contribution in [3.05, 3.63) is 59.9 Å². The third kappa shape index (κ3) is 4.31. The van der Waals surface area contributed by atoms with Gasteiger partial charge in [-0.1, -0.05) is 6.07 Å². The van der Waals surface area contributed by atoms with Crippen molar-refractivity contribution in [2.75, 3.05) is 25.2 Å². The van der Waals surface area contributed by atoms with Crippen LogP contribution in [0, 0.1) is 11.7 Å². The molecule has 27 heavy (non-hydrogen) atoms. The molecule has 0 aliphatic carbocycles. The summed E-state index contributed by atoms with van der Waals surface area (Å²) in [6.07, 6.45) is 0.0147. The number of hydrogen-bond acceptors (Lipinski definition) is 5. The Balaban J connectivity index is 1.58. The van der Waals surface area contributed by atoms with Crippen LogP contribution in [0.2, 0.25) is 0 Å². The van der Waals surface area contributed by atoms with Crippen LogP contribution in [0.4, 0.5) is 10.1 Å². The number of nitrogens with zero attached hydrogens (tertiary/aromatic N) is 1. The highest BCUT2D eigenvalue weighted by Crippen LogP contribution is 2.28. The second-order valence-electron chi connectivity index (χ2n) is 6.14. The molecule has 1 saturated heterocycles. The lowest BCUT2D eigenvalue weighted by molar-refractivity contribution is -0.147. The molecule has 1 fully saturated rings. The highest BCUT2D eigenvalue weighted by atomic mass is 19.1. The van der Waals surface area contributed by atoms with Crippen LogP contribution < -0.4 is 9.64 Å². The van der Waals surface area contributed by atoms with Gasteiger partial charge in [-0.3, -0.25) is 14.4 Å². The van der Waals surface area contributed by atoms with E-state index in [0.717, 1.165) is 12.1 Å². The summed E-state index contributed by atoms with van der Waals surface area (Å²) in [6.45, 7) is -0.274. The van der Waals surface area contributed by atoms with Crippen LogP contribution in [0.5, 0.6) is 5.75 Å². The van der Waals surface area contributed by atoms with Gasteiger partial charge in [0.05, 0.1) is 13.0 Å². The van der Waals surface area contributed by atoms with Crippen LogP contribution in [-0.2, 0) is 14.3 Å². The maximum absolute atomic E-state index is 12.9. The zero-order chi connectivity index (χ0) is 19.4. The van der Waals surface area contributed by atoms with Gasteiger partial charge in [0.25, 0.3) is 0 Å². The van der Waals surface area contributed by atoms with Crippen LogP contribution >= 0.6 is 0 Å². The van der Waals surface area contributed by atoms with E-state index in [9.17, 15) is 18.8 Å². The van der Waals surface area contributed by atoms with Crippen molar-refractivity contribution in [2.45, 2.75) is 6.42 Å². The summed E-state index contributed by atoms with van der Waals surface area (Å²) in [5.41, 5.74) is 0.891. The molecule has 2 aromatic rings. The van der Waals surface area contributed by atoms with E-state index in [0.29, 0.717) is 11.4 Å². The van der Waals surface area contributed by atoms with Crippen LogP contribution in [0.25, 0.3) is 0 Å². The minimum absolute atomic E-state index is 0.0147. The molecule has 1 heterocycles. The third-order valence-electron chi connectivity index (χ3n) is 4.34. The summed E-state index contributed by atoms with van der Waals surface area (Å²) < 4.78 is 23.1. The van der Waals surface area contributed by atoms with Crippen molar-refractivity contribution >= 4 is 23.3 Å². The van der Waals surface area contributed by atoms with Gasteiger partial charge in [-0.05, 0) is 36.4 Å². The van der Waals surface area contributed by atoms with Crippen molar-refractivity contribution in [1.82, 2.24) is 0 Å². The van der Waals surface area contributed by atoms with Crippen LogP contribution in [0.3, 0.4) is 0 Å². The van der Waals surface area contributed by atoms with E-state index in [2.05, 4.69) is 0 Å². The molecular weight excluding hydrogens is 353 g/mol. The molecule has 0 bridgehead atoms. The van der Waals surface area contributed by atoms with Crippen LogP contribution in [0.1, 0.15) is 16.8 Å². The Morgan fingerprint density at radius 1 is 1.19 bits per heavy atom. The van der Waals surface area contributed by atoms with Crippen molar-refractivity contribution in [3.8, 4) is 5.75 Å². The Hall–Kier alpha value is -3.22. The van der Waals surface area contributed by atoms with Crippen molar-refractivity contribution < 1.29 is 28.2 Å². The summed E-state index contributed by atoms with van der Waals surface area (Å²) in [5, 5.41) is 0. The lowest BCUT2D eigenvalue weighted by Crippen LogP contribution is -2.27. The van der Waals surface area contributed by atoms with Gasteiger partial charge < -0.3 is 14.4 Å². The van der Waals surface area contributed by atoms with Gasteiger partial charge >= 0.3 is 5.97 Å². The fraction of sp³-hybridized carbons (Fsp3) is 0.250. The zero-order valence-corrected chi connectivity index (χ0v) is 14.7. The quantitative estimate of drug-likeness (QED) is 0.577. The van der Waals surface area contributed by atoms with E-state index < -0.39 is 30.1 Å². The predicted octanol–water partition coefficient (Wildman–Crippen LogP) is 2.61. The van der Waals surface area contributed by atoms with Gasteiger partial charge in [0.2, 0.25) is 5.91 Å². The molecule has 1 aliphatic heterocycles. The molecule has 0 N–H and O–H groups in total. The zero-order valence-electron chi connectivity index (χ0n) is 14.7. The van der Waals surface area contributed by atoms with Gasteiger partial charge in [0.1, 0.15) is 11.6 Å². The lowest BCUT2D eigenvalue weighted by Gasteiger charge is -2.17. The molecule has 7 heteroatoms. The molecule has 1 amide bonds. The number of halogens is 1. The van der Waals surface area contributed by atoms with E-state index in [1.54, 1.807) is 24.3 Å². The molecule has 0 aromatic heterocycles. The van der Waals surface area contributed by atoms with Crippen LogP contribution in [0.15, 0.2) is 48.5 Å². The molecule has 3 rings (SSSR count). The average Bonchev–Trinajstić information content (AvgIpc) is 3.08. The van der Waals surface area contributed by atoms with E-state index in [4.69, 9.17) is 9.47 Å². The minimum atomic E-state index is -0.648. The summed E-state index contributed by atoms with van der Waals surface area (Å²) in [5.74, 6) is -1.73. The number of carbonyl (C=O) groups is 3. The van der Waals surface area contributed by atoms with Crippen molar-refractivity contribution in [2.24, 2.45) is 5.92 Å². The molecule has 1 atom stereocenters. The van der Waals surface area contributed by atoms with E-state index in [1.165, 1.54) is 24.1 Å². The molecule has 0 unspecified atom stereocenters.